The van der Waals surface area contributed by atoms with Crippen LogP contribution in [0.25, 0.3) is 11.1 Å². The summed E-state index contributed by atoms with van der Waals surface area (Å²) >= 11 is 5.91. The van der Waals surface area contributed by atoms with E-state index in [1.807, 2.05) is 18.7 Å². The van der Waals surface area contributed by atoms with E-state index in [0.717, 1.165) is 0 Å². The number of oxazole rings is 1. The lowest BCUT2D eigenvalue weighted by atomic mass is 10.2. The molecule has 0 saturated carbocycles. The van der Waals surface area contributed by atoms with Crippen LogP contribution in [0.15, 0.2) is 45.6 Å². The molecule has 7 nitrogen and oxygen atoms in total. The molecule has 2 heterocycles. The highest BCUT2D eigenvalue weighted by Crippen LogP contribution is 2.26. The summed E-state index contributed by atoms with van der Waals surface area (Å²) in [6.07, 6.45) is 0.0564. The number of halogens is 2. The maximum Gasteiger partial charge on any atom is 0.419 e. The van der Waals surface area contributed by atoms with E-state index in [2.05, 4.69) is 5.32 Å². The number of morpholine rings is 1. The molecule has 1 aliphatic rings. The first-order valence-electron chi connectivity index (χ1n) is 10.1. The highest BCUT2D eigenvalue weighted by Gasteiger charge is 2.24. The number of nitrogens with one attached hydrogen (secondary N) is 1. The van der Waals surface area contributed by atoms with E-state index in [1.54, 1.807) is 30.3 Å². The minimum absolute atomic E-state index is 0.0148. The SMILES string of the molecule is C[C@@H]1CN(c2ccc(NC(=O)CCn3c(=O)oc4cc(Cl)ccc43)cc2F)C[C@@H](C)O1. The maximum absolute atomic E-state index is 14.7. The molecule has 0 bridgehead atoms. The molecule has 2 aromatic carbocycles. The van der Waals surface area contributed by atoms with Crippen molar-refractivity contribution in [2.75, 3.05) is 23.3 Å². The zero-order valence-corrected chi connectivity index (χ0v) is 18.0. The number of aromatic nitrogens is 1. The van der Waals surface area contributed by atoms with Gasteiger partial charge in [-0.25, -0.2) is 9.18 Å². The molecule has 0 radical (unpaired) electrons. The number of anilines is 2. The number of benzene rings is 2. The average Bonchev–Trinajstić information content (AvgIpc) is 2.99. The van der Waals surface area contributed by atoms with Crippen molar-refractivity contribution in [2.24, 2.45) is 0 Å². The van der Waals surface area contributed by atoms with Crippen molar-refractivity contribution in [3.8, 4) is 0 Å². The number of hydrogen-bond acceptors (Lipinski definition) is 5. The quantitative estimate of drug-likeness (QED) is 0.639. The van der Waals surface area contributed by atoms with Crippen LogP contribution < -0.4 is 16.0 Å². The second kappa shape index (κ2) is 8.72. The van der Waals surface area contributed by atoms with E-state index in [1.165, 1.54) is 10.6 Å². The van der Waals surface area contributed by atoms with Crippen LogP contribution in [0.2, 0.25) is 5.02 Å². The molecule has 3 aromatic rings. The Labute approximate surface area is 183 Å². The van der Waals surface area contributed by atoms with E-state index >= 15 is 0 Å². The third-order valence-corrected chi connectivity index (χ3v) is 5.42. The summed E-state index contributed by atoms with van der Waals surface area (Å²) in [5.74, 6) is -1.31. The zero-order valence-electron chi connectivity index (χ0n) is 17.2. The Morgan fingerprint density at radius 3 is 2.65 bits per heavy atom. The van der Waals surface area contributed by atoms with Gasteiger partial charge in [-0.1, -0.05) is 11.6 Å². The molecule has 1 aromatic heterocycles. The number of amides is 1. The number of rotatable bonds is 5. The van der Waals surface area contributed by atoms with Gasteiger partial charge in [-0.2, -0.15) is 0 Å². The Morgan fingerprint density at radius 1 is 1.19 bits per heavy atom. The Balaban J connectivity index is 1.41. The van der Waals surface area contributed by atoms with Gasteiger partial charge in [-0.15, -0.1) is 0 Å². The summed E-state index contributed by atoms with van der Waals surface area (Å²) in [4.78, 5) is 26.4. The van der Waals surface area contributed by atoms with Gasteiger partial charge in [0.15, 0.2) is 5.58 Å². The fraction of sp³-hybridized carbons (Fsp3) is 0.364. The summed E-state index contributed by atoms with van der Waals surface area (Å²) in [7, 11) is 0. The third kappa shape index (κ3) is 4.75. The Kier molecular flexibility index (Phi) is 6.02. The second-order valence-electron chi connectivity index (χ2n) is 7.76. The van der Waals surface area contributed by atoms with E-state index in [4.69, 9.17) is 20.8 Å². The minimum atomic E-state index is -0.561. The van der Waals surface area contributed by atoms with Crippen molar-refractivity contribution in [2.45, 2.75) is 39.0 Å². The van der Waals surface area contributed by atoms with Crippen LogP contribution in [0, 0.1) is 5.82 Å². The number of ether oxygens (including phenoxy) is 1. The standard InChI is InChI=1S/C22H23ClFN3O4/c1-13-11-26(12-14(2)30-13)18-6-4-16(10-17(18)24)25-21(28)7-8-27-19-5-3-15(23)9-20(19)31-22(27)29/h3-6,9-10,13-14H,7-8,11-12H2,1-2H3,(H,25,28)/t13-,14-/m1/s1. The van der Waals surface area contributed by atoms with Gasteiger partial charge in [-0.3, -0.25) is 9.36 Å². The molecule has 4 rings (SSSR count). The number of hydrogen-bond donors (Lipinski definition) is 1. The largest absolute Gasteiger partial charge is 0.419 e. The Bertz CT molecular complexity index is 1170. The molecule has 31 heavy (non-hydrogen) atoms. The minimum Gasteiger partial charge on any atom is -0.408 e. The molecule has 1 saturated heterocycles. The number of carbonyl (C=O) groups excluding carboxylic acids is 1. The smallest absolute Gasteiger partial charge is 0.408 e. The summed E-state index contributed by atoms with van der Waals surface area (Å²) in [5.41, 5.74) is 1.76. The van der Waals surface area contributed by atoms with Gasteiger partial charge in [0.25, 0.3) is 0 Å². The molecule has 1 N–H and O–H groups in total. The van der Waals surface area contributed by atoms with E-state index in [-0.39, 0.29) is 31.1 Å². The third-order valence-electron chi connectivity index (χ3n) is 5.18. The fourth-order valence-electron chi connectivity index (χ4n) is 3.90. The van der Waals surface area contributed by atoms with E-state index < -0.39 is 11.6 Å². The second-order valence-corrected chi connectivity index (χ2v) is 8.19. The molecule has 2 atom stereocenters. The maximum atomic E-state index is 14.7. The normalized spacial score (nSPS) is 19.0. The van der Waals surface area contributed by atoms with Gasteiger partial charge in [-0.05, 0) is 44.2 Å². The highest BCUT2D eigenvalue weighted by molar-refractivity contribution is 6.31. The summed E-state index contributed by atoms with van der Waals surface area (Å²) in [6, 6.07) is 9.50. The van der Waals surface area contributed by atoms with Crippen LogP contribution in [0.1, 0.15) is 20.3 Å². The molecule has 9 heteroatoms. The number of aryl methyl sites for hydroxylation is 1. The Hall–Kier alpha value is -2.84. The fourth-order valence-corrected chi connectivity index (χ4v) is 4.07. The Morgan fingerprint density at radius 2 is 1.94 bits per heavy atom. The lowest BCUT2D eigenvalue weighted by molar-refractivity contribution is -0.116. The molecule has 164 valence electrons. The molecular formula is C22H23ClFN3O4. The summed E-state index contributed by atoms with van der Waals surface area (Å²) in [5, 5.41) is 3.14. The van der Waals surface area contributed by atoms with E-state index in [0.29, 0.717) is 40.6 Å². The van der Waals surface area contributed by atoms with Gasteiger partial charge in [0.1, 0.15) is 5.82 Å². The van der Waals surface area contributed by atoms with Gasteiger partial charge in [0.2, 0.25) is 5.91 Å². The first kappa shape index (κ1) is 21.4. The van der Waals surface area contributed by atoms with Gasteiger partial charge in [0, 0.05) is 42.8 Å². The van der Waals surface area contributed by atoms with Crippen molar-refractivity contribution in [1.82, 2.24) is 4.57 Å². The van der Waals surface area contributed by atoms with Crippen LogP contribution >= 0.6 is 11.6 Å². The monoisotopic (exact) mass is 447 g/mol. The lowest BCUT2D eigenvalue weighted by Gasteiger charge is -2.37. The van der Waals surface area contributed by atoms with Crippen LogP contribution in [0.4, 0.5) is 15.8 Å². The van der Waals surface area contributed by atoms with Crippen molar-refractivity contribution in [3.05, 3.63) is 57.8 Å². The van der Waals surface area contributed by atoms with Crippen molar-refractivity contribution < 1.29 is 18.3 Å². The topological polar surface area (TPSA) is 76.7 Å². The first-order valence-corrected chi connectivity index (χ1v) is 10.5. The predicted octanol–water partition coefficient (Wildman–Crippen LogP) is 4.03. The average molecular weight is 448 g/mol. The zero-order chi connectivity index (χ0) is 22.1. The molecule has 0 spiro atoms. The number of carbonyl (C=O) groups is 1. The molecule has 1 fully saturated rings. The van der Waals surface area contributed by atoms with Gasteiger partial charge < -0.3 is 19.4 Å². The van der Waals surface area contributed by atoms with Crippen LogP contribution in [-0.4, -0.2) is 35.8 Å². The van der Waals surface area contributed by atoms with Crippen molar-refractivity contribution >= 4 is 40.0 Å². The lowest BCUT2D eigenvalue weighted by Crippen LogP contribution is -2.45. The van der Waals surface area contributed by atoms with Crippen LogP contribution in [0.5, 0.6) is 0 Å². The molecular weight excluding hydrogens is 425 g/mol. The molecule has 1 aliphatic heterocycles. The van der Waals surface area contributed by atoms with Gasteiger partial charge >= 0.3 is 5.76 Å². The van der Waals surface area contributed by atoms with Crippen LogP contribution in [-0.2, 0) is 16.1 Å². The molecule has 0 aliphatic carbocycles. The summed E-state index contributed by atoms with van der Waals surface area (Å²) in [6.45, 7) is 5.25. The van der Waals surface area contributed by atoms with E-state index in [9.17, 15) is 14.0 Å². The van der Waals surface area contributed by atoms with Gasteiger partial charge in [0.05, 0.1) is 23.4 Å². The predicted molar refractivity (Wildman–Crippen MR) is 117 cm³/mol. The van der Waals surface area contributed by atoms with Crippen LogP contribution in [0.3, 0.4) is 0 Å². The summed E-state index contributed by atoms with van der Waals surface area (Å²) < 4.78 is 26.9. The molecule has 1 amide bonds. The highest BCUT2D eigenvalue weighted by atomic mass is 35.5. The van der Waals surface area contributed by atoms with Crippen molar-refractivity contribution in [1.29, 1.82) is 0 Å². The number of nitrogens with zero attached hydrogens (tertiary/aromatic N) is 2. The number of fused-ring (bicyclic) bond motifs is 1. The van der Waals surface area contributed by atoms with Crippen molar-refractivity contribution in [3.63, 3.8) is 0 Å². The first-order chi connectivity index (χ1) is 14.8. The molecule has 0 unspecified atom stereocenters.